The van der Waals surface area contributed by atoms with Gasteiger partial charge in [-0.25, -0.2) is 0 Å². The lowest BCUT2D eigenvalue weighted by Gasteiger charge is -2.15. The number of hydrogen-bond donors (Lipinski definition) is 5. The van der Waals surface area contributed by atoms with E-state index in [1.807, 2.05) is 0 Å². The fraction of sp³-hybridized carbons (Fsp3) is 0.237. The van der Waals surface area contributed by atoms with Crippen molar-refractivity contribution in [3.05, 3.63) is 113 Å². The number of halogens is 10. The minimum Gasteiger partial charge on any atom is -0.487 e. The van der Waals surface area contributed by atoms with Gasteiger partial charge in [0.2, 0.25) is 11.8 Å². The van der Waals surface area contributed by atoms with Crippen LogP contribution in [0, 0.1) is 0 Å². The molecule has 322 valence electrons. The van der Waals surface area contributed by atoms with Crippen LogP contribution in [-0.4, -0.2) is 46.4 Å². The third-order valence-electron chi connectivity index (χ3n) is 7.39. The summed E-state index contributed by atoms with van der Waals surface area (Å²) in [6.45, 7) is 1.25. The molecule has 0 atom stereocenters. The van der Waals surface area contributed by atoms with E-state index in [2.05, 4.69) is 47.8 Å². The second kappa shape index (κ2) is 21.5. The number of hydrogen-bond acceptors (Lipinski definition) is 7. The summed E-state index contributed by atoms with van der Waals surface area (Å²) >= 11 is 18.7. The number of ether oxygens (including phenoxy) is 2. The molecular formula is C38H31Br2Cl2F6N3O9. The number of nitrogens with one attached hydrogen (secondary N) is 3. The van der Waals surface area contributed by atoms with Crippen LogP contribution in [0.4, 0.5) is 37.7 Å². The van der Waals surface area contributed by atoms with E-state index in [-0.39, 0.29) is 75.7 Å². The van der Waals surface area contributed by atoms with Gasteiger partial charge in [-0.2, -0.15) is 26.3 Å². The number of aryl methyl sites for hydroxylation is 1. The number of carbonyl (C=O) groups is 5. The van der Waals surface area contributed by atoms with E-state index < -0.39 is 59.7 Å². The number of aliphatic carboxylic acids is 2. The Bertz CT molecular complexity index is 2230. The molecule has 60 heavy (non-hydrogen) atoms. The standard InChI is InChI=1S/C19H15Br2F3N2O5.C19H16Cl2F3NO4/c1-9(27)26-13-3-10(2-12(6-13)19(22,23)24)8-31-17-14(20)4-11(5-15(17)21)18(30)25-7-16(28)29;1-10(26)25-14-5-12(4-13(8-14)19(22,23)24)9-29-18-15(20)6-11(7-16(18)21)2-3-17(27)28/h2-6H,7-8H2,1H3,(H,25,30)(H,26,27)(H,28,29);4-8H,2-3,9H2,1H3,(H,25,26)(H,27,28). The maximum Gasteiger partial charge on any atom is 0.416 e. The van der Waals surface area contributed by atoms with Gasteiger partial charge >= 0.3 is 24.3 Å². The first kappa shape index (κ1) is 49.3. The fourth-order valence-electron chi connectivity index (χ4n) is 4.97. The summed E-state index contributed by atoms with van der Waals surface area (Å²) in [5, 5.41) is 24.4. The van der Waals surface area contributed by atoms with E-state index in [9.17, 15) is 50.3 Å². The molecule has 5 N–H and O–H groups in total. The molecule has 3 amide bonds. The van der Waals surface area contributed by atoms with Gasteiger partial charge < -0.3 is 35.6 Å². The predicted molar refractivity (Wildman–Crippen MR) is 214 cm³/mol. The van der Waals surface area contributed by atoms with Crippen LogP contribution in [0.1, 0.15) is 58.4 Å². The lowest BCUT2D eigenvalue weighted by molar-refractivity contribution is -0.138. The van der Waals surface area contributed by atoms with Crippen molar-refractivity contribution in [1.82, 2.24) is 5.32 Å². The van der Waals surface area contributed by atoms with Crippen molar-refractivity contribution in [3.8, 4) is 11.5 Å². The summed E-state index contributed by atoms with van der Waals surface area (Å²) in [5.41, 5.74) is -0.909. The van der Waals surface area contributed by atoms with Gasteiger partial charge in [0.05, 0.1) is 30.1 Å². The number of alkyl halides is 6. The van der Waals surface area contributed by atoms with Gasteiger partial charge in [0.1, 0.15) is 25.5 Å². The summed E-state index contributed by atoms with van der Waals surface area (Å²) in [7, 11) is 0. The monoisotopic (exact) mass is 1010 g/mol. The Labute approximate surface area is 363 Å². The molecule has 0 aromatic heterocycles. The first-order valence-corrected chi connectivity index (χ1v) is 19.1. The summed E-state index contributed by atoms with van der Waals surface area (Å²) < 4.78 is 90.6. The van der Waals surface area contributed by atoms with Crippen molar-refractivity contribution in [2.75, 3.05) is 17.2 Å². The molecule has 0 aliphatic rings. The maximum absolute atomic E-state index is 13.2. The Kier molecular flexibility index (Phi) is 17.6. The van der Waals surface area contributed by atoms with Crippen molar-refractivity contribution in [2.45, 2.75) is 52.3 Å². The largest absolute Gasteiger partial charge is 0.487 e. The highest BCUT2D eigenvalue weighted by Crippen LogP contribution is 2.38. The molecule has 0 aliphatic heterocycles. The smallest absolute Gasteiger partial charge is 0.416 e. The molecule has 0 heterocycles. The van der Waals surface area contributed by atoms with Crippen LogP contribution >= 0.6 is 55.1 Å². The number of carboxylic acids is 2. The van der Waals surface area contributed by atoms with Crippen LogP contribution in [0.3, 0.4) is 0 Å². The van der Waals surface area contributed by atoms with Gasteiger partial charge in [0.25, 0.3) is 5.91 Å². The topological polar surface area (TPSA) is 180 Å². The number of carboxylic acid groups (broad SMARTS) is 2. The average Bonchev–Trinajstić information content (AvgIpc) is 3.11. The number of anilines is 2. The molecule has 0 aliphatic carbocycles. The van der Waals surface area contributed by atoms with Crippen molar-refractivity contribution in [3.63, 3.8) is 0 Å². The van der Waals surface area contributed by atoms with Gasteiger partial charge in [0.15, 0.2) is 5.75 Å². The molecule has 22 heteroatoms. The van der Waals surface area contributed by atoms with Crippen LogP contribution < -0.4 is 25.4 Å². The SMILES string of the molecule is CC(=O)Nc1cc(COc2c(Br)cc(C(=O)NCC(=O)O)cc2Br)cc(C(F)(F)F)c1.CC(=O)Nc1cc(COc2c(Cl)cc(CCC(=O)O)cc2Cl)cc(C(F)(F)F)c1. The van der Waals surface area contributed by atoms with Gasteiger partial charge in [-0.05, 0) is 116 Å². The normalized spacial score (nSPS) is 11.1. The molecule has 0 fully saturated rings. The van der Waals surface area contributed by atoms with Crippen LogP contribution in [-0.2, 0) is 51.2 Å². The number of rotatable bonds is 14. The highest BCUT2D eigenvalue weighted by molar-refractivity contribution is 9.11. The van der Waals surface area contributed by atoms with Crippen LogP contribution in [0.25, 0.3) is 0 Å². The molecule has 0 saturated carbocycles. The Morgan fingerprint density at radius 3 is 1.45 bits per heavy atom. The molecule has 4 aromatic rings. The zero-order chi connectivity index (χ0) is 45.1. The Morgan fingerprint density at radius 1 is 0.633 bits per heavy atom. The molecule has 12 nitrogen and oxygen atoms in total. The lowest BCUT2D eigenvalue weighted by atomic mass is 10.1. The minimum absolute atomic E-state index is 0.0212. The zero-order valence-corrected chi connectivity index (χ0v) is 35.5. The van der Waals surface area contributed by atoms with Crippen molar-refractivity contribution in [1.29, 1.82) is 0 Å². The van der Waals surface area contributed by atoms with Crippen molar-refractivity contribution >= 4 is 96.1 Å². The Morgan fingerprint density at radius 2 is 1.07 bits per heavy atom. The van der Waals surface area contributed by atoms with E-state index in [1.165, 1.54) is 50.2 Å². The van der Waals surface area contributed by atoms with E-state index in [0.29, 0.717) is 14.5 Å². The van der Waals surface area contributed by atoms with E-state index in [4.69, 9.17) is 42.9 Å². The molecule has 0 unspecified atom stereocenters. The molecule has 0 spiro atoms. The Hall–Kier alpha value is -5.05. The molecule has 0 saturated heterocycles. The second-order valence-electron chi connectivity index (χ2n) is 12.4. The average molecular weight is 1020 g/mol. The van der Waals surface area contributed by atoms with Gasteiger partial charge in [0, 0.05) is 37.2 Å². The Balaban J connectivity index is 0.000000321. The molecule has 0 bridgehead atoms. The summed E-state index contributed by atoms with van der Waals surface area (Å²) in [4.78, 5) is 55.6. The van der Waals surface area contributed by atoms with Crippen LogP contribution in [0.2, 0.25) is 10.0 Å². The summed E-state index contributed by atoms with van der Waals surface area (Å²) in [6.07, 6.45) is -9.12. The highest BCUT2D eigenvalue weighted by atomic mass is 79.9. The summed E-state index contributed by atoms with van der Waals surface area (Å²) in [5.74, 6) is -3.57. The first-order chi connectivity index (χ1) is 27.8. The third kappa shape index (κ3) is 15.9. The van der Waals surface area contributed by atoms with Gasteiger partial charge in [-0.1, -0.05) is 23.2 Å². The van der Waals surface area contributed by atoms with Gasteiger partial charge in [-0.15, -0.1) is 0 Å². The van der Waals surface area contributed by atoms with Gasteiger partial charge in [-0.3, -0.25) is 24.0 Å². The third-order valence-corrected chi connectivity index (χ3v) is 9.13. The zero-order valence-electron chi connectivity index (χ0n) is 30.8. The van der Waals surface area contributed by atoms with Crippen LogP contribution in [0.15, 0.2) is 69.6 Å². The van der Waals surface area contributed by atoms with Crippen molar-refractivity contribution < 1.29 is 70.0 Å². The highest BCUT2D eigenvalue weighted by Gasteiger charge is 2.32. The molecule has 0 radical (unpaired) electrons. The van der Waals surface area contributed by atoms with Crippen LogP contribution in [0.5, 0.6) is 11.5 Å². The van der Waals surface area contributed by atoms with E-state index >= 15 is 0 Å². The van der Waals surface area contributed by atoms with E-state index in [1.54, 1.807) is 0 Å². The first-order valence-electron chi connectivity index (χ1n) is 16.7. The minimum atomic E-state index is -4.62. The number of benzene rings is 4. The molecular weight excluding hydrogens is 987 g/mol. The van der Waals surface area contributed by atoms with Crippen molar-refractivity contribution in [2.24, 2.45) is 0 Å². The van der Waals surface area contributed by atoms with E-state index in [0.717, 1.165) is 24.3 Å². The lowest BCUT2D eigenvalue weighted by Crippen LogP contribution is -2.29. The fourth-order valence-corrected chi connectivity index (χ4v) is 7.03. The number of amides is 3. The summed E-state index contributed by atoms with van der Waals surface area (Å²) in [6, 6.07) is 11.9. The quantitative estimate of drug-likeness (QED) is 0.0769. The number of carbonyl (C=O) groups excluding carboxylic acids is 3. The maximum atomic E-state index is 13.2. The second-order valence-corrected chi connectivity index (χ2v) is 14.9. The molecule has 4 aromatic carbocycles. The predicted octanol–water partition coefficient (Wildman–Crippen LogP) is 10.1. The molecule has 4 rings (SSSR count).